The molecule has 52 valence electrons. The highest BCUT2D eigenvalue weighted by atomic mass is 16.1. The first-order chi connectivity index (χ1) is 4.20. The minimum Gasteiger partial charge on any atom is -0.273 e. The average Bonchev–Trinajstić information content (AvgIpc) is 1.87. The van der Waals surface area contributed by atoms with E-state index in [1.807, 2.05) is 20.8 Å². The summed E-state index contributed by atoms with van der Waals surface area (Å²) in [6.45, 7) is 5.67. The van der Waals surface area contributed by atoms with E-state index in [9.17, 15) is 4.79 Å². The Morgan fingerprint density at radius 3 is 2.22 bits per heavy atom. The number of carbonyl (C=O) groups excluding carboxylic acids is 1. The van der Waals surface area contributed by atoms with Gasteiger partial charge in [-0.05, 0) is 13.3 Å². The van der Waals surface area contributed by atoms with Crippen LogP contribution in [0.3, 0.4) is 0 Å². The van der Waals surface area contributed by atoms with Crippen LogP contribution in [0.1, 0.15) is 33.6 Å². The smallest absolute Gasteiger partial charge is 0.245 e. The number of carbonyl (C=O) groups is 1. The zero-order valence-electron chi connectivity index (χ0n) is 6.27. The molecular formula is C7H13NO. The maximum atomic E-state index is 10.6. The summed E-state index contributed by atoms with van der Waals surface area (Å²) in [5.74, 6) is -0.0191. The fraction of sp³-hybridized carbons (Fsp3) is 0.714. The van der Waals surface area contributed by atoms with Crippen molar-refractivity contribution >= 4 is 11.6 Å². The normalized spacial score (nSPS) is 11.7. The minimum absolute atomic E-state index is 0.0191. The van der Waals surface area contributed by atoms with Crippen LogP contribution in [0.5, 0.6) is 0 Å². The first-order valence-electron chi connectivity index (χ1n) is 3.27. The summed E-state index contributed by atoms with van der Waals surface area (Å²) < 4.78 is 0. The standard InChI is InChI=1S/C7H13NO/c1-4-6(3)8-7(9)5-2/h4-5H2,1-3H3. The van der Waals surface area contributed by atoms with Crippen LogP contribution < -0.4 is 0 Å². The molecule has 0 radical (unpaired) electrons. The maximum absolute atomic E-state index is 10.6. The van der Waals surface area contributed by atoms with Gasteiger partial charge in [0.2, 0.25) is 5.91 Å². The van der Waals surface area contributed by atoms with Gasteiger partial charge in [0.15, 0.2) is 0 Å². The molecule has 0 aromatic rings. The van der Waals surface area contributed by atoms with Gasteiger partial charge in [0.25, 0.3) is 0 Å². The van der Waals surface area contributed by atoms with Gasteiger partial charge in [0, 0.05) is 12.1 Å². The molecule has 0 atom stereocenters. The van der Waals surface area contributed by atoms with E-state index in [1.54, 1.807) is 0 Å². The number of amides is 1. The largest absolute Gasteiger partial charge is 0.273 e. The third kappa shape index (κ3) is 3.88. The molecule has 1 amide bonds. The number of hydrogen-bond acceptors (Lipinski definition) is 1. The van der Waals surface area contributed by atoms with Crippen LogP contribution in [-0.2, 0) is 4.79 Å². The lowest BCUT2D eigenvalue weighted by atomic mass is 10.3. The lowest BCUT2D eigenvalue weighted by molar-refractivity contribution is -0.117. The van der Waals surface area contributed by atoms with Crippen molar-refractivity contribution < 1.29 is 4.79 Å². The molecule has 0 aliphatic carbocycles. The third-order valence-corrected chi connectivity index (χ3v) is 1.13. The molecule has 0 aliphatic rings. The topological polar surface area (TPSA) is 29.4 Å². The van der Waals surface area contributed by atoms with Gasteiger partial charge in [-0.2, -0.15) is 0 Å². The molecule has 2 heteroatoms. The number of rotatable bonds is 2. The summed E-state index contributed by atoms with van der Waals surface area (Å²) in [5, 5.41) is 0. The molecule has 0 saturated heterocycles. The molecule has 0 bridgehead atoms. The lowest BCUT2D eigenvalue weighted by Gasteiger charge is -1.90. The molecule has 0 aliphatic heterocycles. The van der Waals surface area contributed by atoms with E-state index >= 15 is 0 Å². The summed E-state index contributed by atoms with van der Waals surface area (Å²) in [6, 6.07) is 0. The maximum Gasteiger partial charge on any atom is 0.245 e. The van der Waals surface area contributed by atoms with Gasteiger partial charge in [-0.3, -0.25) is 4.79 Å². The van der Waals surface area contributed by atoms with E-state index in [0.717, 1.165) is 12.1 Å². The van der Waals surface area contributed by atoms with Crippen molar-refractivity contribution in [3.8, 4) is 0 Å². The van der Waals surface area contributed by atoms with Crippen molar-refractivity contribution in [2.75, 3.05) is 0 Å². The van der Waals surface area contributed by atoms with Gasteiger partial charge in [0.05, 0.1) is 0 Å². The van der Waals surface area contributed by atoms with Crippen molar-refractivity contribution in [3.63, 3.8) is 0 Å². The molecule has 0 spiro atoms. The van der Waals surface area contributed by atoms with E-state index in [2.05, 4.69) is 4.99 Å². The zero-order valence-corrected chi connectivity index (χ0v) is 6.27. The lowest BCUT2D eigenvalue weighted by Crippen LogP contribution is -1.95. The molecule has 0 aromatic heterocycles. The van der Waals surface area contributed by atoms with E-state index in [-0.39, 0.29) is 5.91 Å². The average molecular weight is 127 g/mol. The predicted octanol–water partition coefficient (Wildman–Crippen LogP) is 1.79. The van der Waals surface area contributed by atoms with Gasteiger partial charge in [-0.1, -0.05) is 13.8 Å². The van der Waals surface area contributed by atoms with Crippen LogP contribution in [-0.4, -0.2) is 11.6 Å². The molecule has 0 fully saturated rings. The molecular weight excluding hydrogens is 114 g/mol. The van der Waals surface area contributed by atoms with Gasteiger partial charge in [0.1, 0.15) is 0 Å². The van der Waals surface area contributed by atoms with E-state index in [0.29, 0.717) is 6.42 Å². The van der Waals surface area contributed by atoms with Crippen molar-refractivity contribution in [2.24, 2.45) is 4.99 Å². The van der Waals surface area contributed by atoms with Crippen molar-refractivity contribution in [1.29, 1.82) is 0 Å². The van der Waals surface area contributed by atoms with E-state index in [1.165, 1.54) is 0 Å². The molecule has 0 saturated carbocycles. The van der Waals surface area contributed by atoms with E-state index < -0.39 is 0 Å². The second kappa shape index (κ2) is 4.24. The molecule has 0 aromatic carbocycles. The van der Waals surface area contributed by atoms with Crippen LogP contribution in [0.15, 0.2) is 4.99 Å². The second-order valence-corrected chi connectivity index (χ2v) is 1.95. The zero-order chi connectivity index (χ0) is 7.28. The van der Waals surface area contributed by atoms with Gasteiger partial charge < -0.3 is 0 Å². The number of aliphatic imine (C=N–C) groups is 1. The first kappa shape index (κ1) is 8.34. The van der Waals surface area contributed by atoms with Gasteiger partial charge >= 0.3 is 0 Å². The Bertz CT molecular complexity index is 127. The summed E-state index contributed by atoms with van der Waals surface area (Å²) >= 11 is 0. The van der Waals surface area contributed by atoms with Crippen molar-refractivity contribution in [2.45, 2.75) is 33.6 Å². The van der Waals surface area contributed by atoms with Gasteiger partial charge in [-0.15, -0.1) is 0 Å². The molecule has 0 heterocycles. The number of hydrogen-bond donors (Lipinski definition) is 0. The Labute approximate surface area is 56.0 Å². The summed E-state index contributed by atoms with van der Waals surface area (Å²) in [4.78, 5) is 14.4. The predicted molar refractivity (Wildman–Crippen MR) is 38.7 cm³/mol. The van der Waals surface area contributed by atoms with Crippen molar-refractivity contribution in [3.05, 3.63) is 0 Å². The summed E-state index contributed by atoms with van der Waals surface area (Å²) in [6.07, 6.45) is 1.38. The molecule has 2 nitrogen and oxygen atoms in total. The fourth-order valence-electron chi connectivity index (χ4n) is 0.371. The third-order valence-electron chi connectivity index (χ3n) is 1.13. The van der Waals surface area contributed by atoms with Crippen LogP contribution in [0.25, 0.3) is 0 Å². The summed E-state index contributed by atoms with van der Waals surface area (Å²) in [7, 11) is 0. The van der Waals surface area contributed by atoms with Crippen molar-refractivity contribution in [1.82, 2.24) is 0 Å². The minimum atomic E-state index is -0.0191. The number of nitrogens with zero attached hydrogens (tertiary/aromatic N) is 1. The first-order valence-corrected chi connectivity index (χ1v) is 3.27. The monoisotopic (exact) mass is 127 g/mol. The van der Waals surface area contributed by atoms with Crippen LogP contribution in [0.4, 0.5) is 0 Å². The van der Waals surface area contributed by atoms with Crippen LogP contribution >= 0.6 is 0 Å². The van der Waals surface area contributed by atoms with Crippen LogP contribution in [0, 0.1) is 0 Å². The Morgan fingerprint density at radius 2 is 1.89 bits per heavy atom. The second-order valence-electron chi connectivity index (χ2n) is 1.95. The Kier molecular flexibility index (Phi) is 3.93. The molecule has 9 heavy (non-hydrogen) atoms. The molecule has 0 unspecified atom stereocenters. The Morgan fingerprint density at radius 1 is 1.33 bits per heavy atom. The quantitative estimate of drug-likeness (QED) is 0.520. The Balaban J connectivity index is 3.79. The SMILES string of the molecule is CCC(=O)N=C(C)CC. The van der Waals surface area contributed by atoms with E-state index in [4.69, 9.17) is 0 Å². The molecule has 0 rings (SSSR count). The Hall–Kier alpha value is -0.660. The molecule has 0 N–H and O–H groups in total. The highest BCUT2D eigenvalue weighted by molar-refractivity contribution is 5.93. The highest BCUT2D eigenvalue weighted by Crippen LogP contribution is 1.88. The van der Waals surface area contributed by atoms with Crippen LogP contribution in [0.2, 0.25) is 0 Å². The van der Waals surface area contributed by atoms with Gasteiger partial charge in [-0.25, -0.2) is 4.99 Å². The summed E-state index contributed by atoms with van der Waals surface area (Å²) in [5.41, 5.74) is 0.918. The highest BCUT2D eigenvalue weighted by Gasteiger charge is 1.92. The fourth-order valence-corrected chi connectivity index (χ4v) is 0.371.